The van der Waals surface area contributed by atoms with Gasteiger partial charge in [-0.15, -0.1) is 0 Å². The smallest absolute Gasteiger partial charge is 0.293 e. The van der Waals surface area contributed by atoms with Crippen LogP contribution < -0.4 is 5.32 Å². The fraction of sp³-hybridized carbons (Fsp3) is 0.533. The third-order valence-corrected chi connectivity index (χ3v) is 3.38. The number of nitrogens with one attached hydrogen (secondary N) is 1. The Labute approximate surface area is 119 Å². The molecule has 1 amide bonds. The topological polar surface area (TPSA) is 72.2 Å². The molecule has 1 N–H and O–H groups in total. The average molecular weight is 278 g/mol. The van der Waals surface area contributed by atoms with Gasteiger partial charge in [-0.05, 0) is 31.4 Å². The number of nitro groups is 1. The van der Waals surface area contributed by atoms with Crippen molar-refractivity contribution in [2.45, 2.75) is 46.5 Å². The van der Waals surface area contributed by atoms with E-state index in [2.05, 4.69) is 12.2 Å². The minimum absolute atomic E-state index is 0.0521. The summed E-state index contributed by atoms with van der Waals surface area (Å²) < 4.78 is 0. The molecule has 0 saturated carbocycles. The zero-order valence-electron chi connectivity index (χ0n) is 12.3. The fourth-order valence-corrected chi connectivity index (χ4v) is 2.10. The van der Waals surface area contributed by atoms with Crippen LogP contribution in [0.5, 0.6) is 0 Å². The minimum Gasteiger partial charge on any atom is -0.320 e. The number of hydrogen-bond acceptors (Lipinski definition) is 3. The van der Waals surface area contributed by atoms with E-state index in [0.29, 0.717) is 0 Å². The largest absolute Gasteiger partial charge is 0.320 e. The lowest BCUT2D eigenvalue weighted by Gasteiger charge is -2.14. The minimum atomic E-state index is -0.463. The molecule has 1 atom stereocenters. The Bertz CT molecular complexity index is 486. The highest BCUT2D eigenvalue weighted by atomic mass is 16.6. The first-order valence-corrected chi connectivity index (χ1v) is 7.05. The monoisotopic (exact) mass is 278 g/mol. The molecule has 0 aliphatic rings. The second-order valence-corrected chi connectivity index (χ2v) is 5.01. The van der Waals surface area contributed by atoms with Gasteiger partial charge in [-0.3, -0.25) is 14.9 Å². The van der Waals surface area contributed by atoms with Gasteiger partial charge in [0.1, 0.15) is 5.69 Å². The first-order chi connectivity index (χ1) is 9.49. The number of carbonyl (C=O) groups excluding carboxylic acids is 1. The lowest BCUT2D eigenvalue weighted by atomic mass is 9.98. The van der Waals surface area contributed by atoms with E-state index < -0.39 is 4.92 Å². The molecule has 20 heavy (non-hydrogen) atoms. The molecule has 0 aliphatic heterocycles. The Morgan fingerprint density at radius 1 is 1.40 bits per heavy atom. The summed E-state index contributed by atoms with van der Waals surface area (Å²) in [5, 5.41) is 13.7. The van der Waals surface area contributed by atoms with Crippen LogP contribution in [0.3, 0.4) is 0 Å². The van der Waals surface area contributed by atoms with Crippen LogP contribution in [0.4, 0.5) is 11.4 Å². The lowest BCUT2D eigenvalue weighted by Crippen LogP contribution is -2.22. The van der Waals surface area contributed by atoms with Crippen LogP contribution in [0.1, 0.15) is 45.1 Å². The van der Waals surface area contributed by atoms with E-state index in [0.717, 1.165) is 31.2 Å². The van der Waals surface area contributed by atoms with Gasteiger partial charge in [-0.1, -0.05) is 32.8 Å². The van der Waals surface area contributed by atoms with E-state index >= 15 is 0 Å². The average Bonchev–Trinajstić information content (AvgIpc) is 2.41. The normalized spacial score (nSPS) is 11.9. The first-order valence-electron chi connectivity index (χ1n) is 7.05. The first kappa shape index (κ1) is 16.1. The predicted molar refractivity (Wildman–Crippen MR) is 79.8 cm³/mol. The van der Waals surface area contributed by atoms with Crippen molar-refractivity contribution in [1.82, 2.24) is 0 Å². The molecule has 0 bridgehead atoms. The Hall–Kier alpha value is -1.91. The SMILES string of the molecule is CCCC[C@@H](CC)C(=O)Nc1ccc(C)cc1[N+](=O)[O-]. The molecule has 0 fully saturated rings. The molecule has 0 spiro atoms. The number of anilines is 1. The van der Waals surface area contributed by atoms with Crippen LogP contribution in [0.25, 0.3) is 0 Å². The highest BCUT2D eigenvalue weighted by molar-refractivity contribution is 5.94. The summed E-state index contributed by atoms with van der Waals surface area (Å²) in [6.07, 6.45) is 3.58. The molecule has 5 nitrogen and oxygen atoms in total. The molecule has 0 saturated heterocycles. The molecule has 0 aromatic heterocycles. The van der Waals surface area contributed by atoms with Gasteiger partial charge in [0.15, 0.2) is 0 Å². The van der Waals surface area contributed by atoms with Crippen LogP contribution in [0, 0.1) is 23.0 Å². The molecule has 0 radical (unpaired) electrons. The number of aryl methyl sites for hydroxylation is 1. The second-order valence-electron chi connectivity index (χ2n) is 5.01. The van der Waals surface area contributed by atoms with Crippen LogP contribution in [0.15, 0.2) is 18.2 Å². The van der Waals surface area contributed by atoms with E-state index in [1.807, 2.05) is 6.92 Å². The number of amides is 1. The van der Waals surface area contributed by atoms with Crippen LogP contribution in [-0.2, 0) is 4.79 Å². The van der Waals surface area contributed by atoms with Crippen molar-refractivity contribution in [3.63, 3.8) is 0 Å². The van der Waals surface area contributed by atoms with Crippen LogP contribution in [0.2, 0.25) is 0 Å². The quantitative estimate of drug-likeness (QED) is 0.604. The summed E-state index contributed by atoms with van der Waals surface area (Å²) in [4.78, 5) is 22.7. The number of hydrogen-bond donors (Lipinski definition) is 1. The second kappa shape index (κ2) is 7.62. The van der Waals surface area contributed by atoms with Crippen LogP contribution >= 0.6 is 0 Å². The van der Waals surface area contributed by atoms with Crippen molar-refractivity contribution in [1.29, 1.82) is 0 Å². The van der Waals surface area contributed by atoms with Gasteiger partial charge < -0.3 is 5.32 Å². The van der Waals surface area contributed by atoms with Gasteiger partial charge in [0.25, 0.3) is 5.69 Å². The summed E-state index contributed by atoms with van der Waals surface area (Å²) in [5.41, 5.74) is 1.02. The van der Waals surface area contributed by atoms with Gasteiger partial charge in [-0.25, -0.2) is 0 Å². The van der Waals surface area contributed by atoms with Gasteiger partial charge in [0, 0.05) is 12.0 Å². The highest BCUT2D eigenvalue weighted by Crippen LogP contribution is 2.26. The molecule has 5 heteroatoms. The lowest BCUT2D eigenvalue weighted by molar-refractivity contribution is -0.384. The molecular formula is C15H22N2O3. The number of benzene rings is 1. The van der Waals surface area contributed by atoms with Crippen molar-refractivity contribution < 1.29 is 9.72 Å². The molecule has 1 aromatic rings. The number of nitro benzene ring substituents is 1. The van der Waals surface area contributed by atoms with Crippen molar-refractivity contribution in [2.75, 3.05) is 5.32 Å². The molecule has 110 valence electrons. The van der Waals surface area contributed by atoms with E-state index in [9.17, 15) is 14.9 Å². The van der Waals surface area contributed by atoms with E-state index in [4.69, 9.17) is 0 Å². The van der Waals surface area contributed by atoms with Crippen LogP contribution in [-0.4, -0.2) is 10.8 Å². The van der Waals surface area contributed by atoms with Gasteiger partial charge in [0.2, 0.25) is 5.91 Å². The summed E-state index contributed by atoms with van der Waals surface area (Å²) in [5.74, 6) is -0.219. The van der Waals surface area contributed by atoms with Crippen molar-refractivity contribution in [2.24, 2.45) is 5.92 Å². The molecule has 0 heterocycles. The fourth-order valence-electron chi connectivity index (χ4n) is 2.10. The van der Waals surface area contributed by atoms with Crippen molar-refractivity contribution >= 4 is 17.3 Å². The Morgan fingerprint density at radius 3 is 2.65 bits per heavy atom. The third kappa shape index (κ3) is 4.33. The molecule has 1 rings (SSSR count). The van der Waals surface area contributed by atoms with E-state index in [1.165, 1.54) is 6.07 Å². The Morgan fingerprint density at radius 2 is 2.10 bits per heavy atom. The molecule has 0 aliphatic carbocycles. The molecule has 1 aromatic carbocycles. The highest BCUT2D eigenvalue weighted by Gasteiger charge is 2.20. The summed E-state index contributed by atoms with van der Waals surface area (Å²) in [7, 11) is 0. The Kier molecular flexibility index (Phi) is 6.15. The number of carbonyl (C=O) groups is 1. The zero-order valence-corrected chi connectivity index (χ0v) is 12.3. The van der Waals surface area contributed by atoms with E-state index in [1.54, 1.807) is 19.1 Å². The molecule has 0 unspecified atom stereocenters. The number of nitrogens with zero attached hydrogens (tertiary/aromatic N) is 1. The van der Waals surface area contributed by atoms with Gasteiger partial charge >= 0.3 is 0 Å². The van der Waals surface area contributed by atoms with Crippen molar-refractivity contribution in [3.8, 4) is 0 Å². The number of unbranched alkanes of at least 4 members (excludes halogenated alkanes) is 1. The van der Waals surface area contributed by atoms with Crippen molar-refractivity contribution in [3.05, 3.63) is 33.9 Å². The summed E-state index contributed by atoms with van der Waals surface area (Å²) in [6, 6.07) is 4.83. The maximum Gasteiger partial charge on any atom is 0.293 e. The van der Waals surface area contributed by atoms with Gasteiger partial charge in [0.05, 0.1) is 4.92 Å². The standard InChI is InChI=1S/C15H22N2O3/c1-4-6-7-12(5-2)15(18)16-13-9-8-11(3)10-14(13)17(19)20/h8-10,12H,4-7H2,1-3H3,(H,16,18)/t12-/m1/s1. The van der Waals surface area contributed by atoms with E-state index in [-0.39, 0.29) is 23.2 Å². The maximum absolute atomic E-state index is 12.2. The summed E-state index contributed by atoms with van der Waals surface area (Å²) >= 11 is 0. The Balaban J connectivity index is 2.86. The van der Waals surface area contributed by atoms with Gasteiger partial charge in [-0.2, -0.15) is 0 Å². The summed E-state index contributed by atoms with van der Waals surface area (Å²) in [6.45, 7) is 5.83. The molecular weight excluding hydrogens is 256 g/mol. The maximum atomic E-state index is 12.2. The predicted octanol–water partition coefficient (Wildman–Crippen LogP) is 4.06. The zero-order chi connectivity index (χ0) is 15.1. The number of rotatable bonds is 7. The third-order valence-electron chi connectivity index (χ3n) is 3.38.